The molecule has 0 spiro atoms. The standard InChI is InChI=1S/C12H18N4O2/c1-12(2,3)18-11(17)16-8-5-4-7-9(8)14-6-15-10(7)13/h6,8H,4-5H2,1-3H3,(H,16,17)(H2,13,14,15). The van der Waals surface area contributed by atoms with Crippen LogP contribution in [0.2, 0.25) is 0 Å². The Hall–Kier alpha value is -1.85. The van der Waals surface area contributed by atoms with Gasteiger partial charge in [-0.2, -0.15) is 0 Å². The van der Waals surface area contributed by atoms with Crippen LogP contribution in [0.3, 0.4) is 0 Å². The molecule has 1 amide bonds. The fraction of sp³-hybridized carbons (Fsp3) is 0.583. The molecular weight excluding hydrogens is 232 g/mol. The van der Waals surface area contributed by atoms with Crippen LogP contribution in [0.15, 0.2) is 6.33 Å². The Morgan fingerprint density at radius 3 is 2.89 bits per heavy atom. The first-order chi connectivity index (χ1) is 8.37. The molecule has 0 bridgehead atoms. The lowest BCUT2D eigenvalue weighted by Gasteiger charge is -2.21. The maximum absolute atomic E-state index is 11.7. The molecule has 6 nitrogen and oxygen atoms in total. The Morgan fingerprint density at radius 2 is 2.22 bits per heavy atom. The second-order valence-electron chi connectivity index (χ2n) is 5.36. The first-order valence-electron chi connectivity index (χ1n) is 5.95. The SMILES string of the molecule is CC(C)(C)OC(=O)NC1CCc2c(N)ncnc21. The van der Waals surface area contributed by atoms with Crippen molar-refractivity contribution in [3.8, 4) is 0 Å². The highest BCUT2D eigenvalue weighted by atomic mass is 16.6. The van der Waals surface area contributed by atoms with E-state index in [1.54, 1.807) is 0 Å². The molecule has 1 atom stereocenters. The van der Waals surface area contributed by atoms with Crippen molar-refractivity contribution in [1.82, 2.24) is 15.3 Å². The third kappa shape index (κ3) is 2.69. The first kappa shape index (κ1) is 12.6. The summed E-state index contributed by atoms with van der Waals surface area (Å²) in [7, 11) is 0. The number of hydrogen-bond donors (Lipinski definition) is 2. The lowest BCUT2D eigenvalue weighted by molar-refractivity contribution is 0.0502. The lowest BCUT2D eigenvalue weighted by atomic mass is 10.2. The number of nitrogens with two attached hydrogens (primary N) is 1. The first-order valence-corrected chi connectivity index (χ1v) is 5.95. The molecule has 98 valence electrons. The predicted molar refractivity (Wildman–Crippen MR) is 66.9 cm³/mol. The van der Waals surface area contributed by atoms with E-state index in [-0.39, 0.29) is 6.04 Å². The highest BCUT2D eigenvalue weighted by Crippen LogP contribution is 2.31. The molecule has 0 saturated heterocycles. The third-order valence-electron chi connectivity index (χ3n) is 2.72. The van der Waals surface area contributed by atoms with Gasteiger partial charge in [0.15, 0.2) is 0 Å². The Kier molecular flexibility index (Phi) is 3.11. The number of rotatable bonds is 1. The largest absolute Gasteiger partial charge is 0.444 e. The number of amides is 1. The molecule has 1 aliphatic rings. The van der Waals surface area contributed by atoms with Gasteiger partial charge in [-0.3, -0.25) is 0 Å². The van der Waals surface area contributed by atoms with Gasteiger partial charge in [0.2, 0.25) is 0 Å². The Balaban J connectivity index is 2.06. The maximum atomic E-state index is 11.7. The van der Waals surface area contributed by atoms with Crippen molar-refractivity contribution >= 4 is 11.9 Å². The van der Waals surface area contributed by atoms with E-state index in [1.165, 1.54) is 6.33 Å². The van der Waals surface area contributed by atoms with Gasteiger partial charge in [0, 0.05) is 5.56 Å². The number of anilines is 1. The summed E-state index contributed by atoms with van der Waals surface area (Å²) in [6, 6.07) is -0.139. The van der Waals surface area contributed by atoms with Gasteiger partial charge in [0.05, 0.1) is 11.7 Å². The molecule has 0 saturated carbocycles. The smallest absolute Gasteiger partial charge is 0.408 e. The minimum atomic E-state index is -0.504. The molecule has 1 aromatic heterocycles. The topological polar surface area (TPSA) is 90.1 Å². The van der Waals surface area contributed by atoms with Crippen LogP contribution in [-0.4, -0.2) is 21.7 Å². The van der Waals surface area contributed by atoms with Gasteiger partial charge < -0.3 is 15.8 Å². The van der Waals surface area contributed by atoms with E-state index in [0.29, 0.717) is 5.82 Å². The summed E-state index contributed by atoms with van der Waals surface area (Å²) >= 11 is 0. The van der Waals surface area contributed by atoms with Crippen molar-refractivity contribution in [2.24, 2.45) is 0 Å². The monoisotopic (exact) mass is 250 g/mol. The quantitative estimate of drug-likeness (QED) is 0.789. The van der Waals surface area contributed by atoms with Crippen molar-refractivity contribution in [2.75, 3.05) is 5.73 Å². The molecule has 18 heavy (non-hydrogen) atoms. The van der Waals surface area contributed by atoms with Crippen molar-refractivity contribution in [3.63, 3.8) is 0 Å². The molecule has 0 aliphatic heterocycles. The van der Waals surface area contributed by atoms with E-state index in [9.17, 15) is 4.79 Å². The average molecular weight is 250 g/mol. The van der Waals surface area contributed by atoms with Crippen LogP contribution in [0.1, 0.15) is 44.5 Å². The maximum Gasteiger partial charge on any atom is 0.408 e. The van der Waals surface area contributed by atoms with Crippen molar-refractivity contribution in [2.45, 2.75) is 45.3 Å². The summed E-state index contributed by atoms with van der Waals surface area (Å²) in [5, 5.41) is 2.81. The van der Waals surface area contributed by atoms with Gasteiger partial charge in [-0.25, -0.2) is 14.8 Å². The predicted octanol–water partition coefficient (Wildman–Crippen LogP) is 1.57. The summed E-state index contributed by atoms with van der Waals surface area (Å²) < 4.78 is 5.22. The van der Waals surface area contributed by atoms with E-state index < -0.39 is 11.7 Å². The summed E-state index contributed by atoms with van der Waals surface area (Å²) in [5.74, 6) is 0.494. The zero-order valence-electron chi connectivity index (χ0n) is 10.9. The number of nitrogens with zero attached hydrogens (tertiary/aromatic N) is 2. The van der Waals surface area contributed by atoms with Gasteiger partial charge in [-0.1, -0.05) is 0 Å². The van der Waals surface area contributed by atoms with Crippen LogP contribution in [0.25, 0.3) is 0 Å². The van der Waals surface area contributed by atoms with E-state index in [0.717, 1.165) is 24.1 Å². The zero-order valence-corrected chi connectivity index (χ0v) is 10.9. The number of carbonyl (C=O) groups excluding carboxylic acids is 1. The number of carbonyl (C=O) groups is 1. The molecule has 1 heterocycles. The third-order valence-corrected chi connectivity index (χ3v) is 2.72. The molecule has 2 rings (SSSR count). The second-order valence-corrected chi connectivity index (χ2v) is 5.36. The molecule has 0 aromatic carbocycles. The Labute approximate surface area is 106 Å². The van der Waals surface area contributed by atoms with Crippen LogP contribution in [0.4, 0.5) is 10.6 Å². The molecule has 1 aliphatic carbocycles. The Morgan fingerprint density at radius 1 is 1.50 bits per heavy atom. The van der Waals surface area contributed by atoms with Crippen LogP contribution in [0.5, 0.6) is 0 Å². The number of fused-ring (bicyclic) bond motifs is 1. The fourth-order valence-electron chi connectivity index (χ4n) is 2.01. The zero-order chi connectivity index (χ0) is 13.3. The van der Waals surface area contributed by atoms with Crippen molar-refractivity contribution in [1.29, 1.82) is 0 Å². The van der Waals surface area contributed by atoms with Crippen LogP contribution >= 0.6 is 0 Å². The highest BCUT2D eigenvalue weighted by molar-refractivity contribution is 5.68. The van der Waals surface area contributed by atoms with Gasteiger partial charge in [0.25, 0.3) is 0 Å². The molecule has 0 radical (unpaired) electrons. The number of nitrogens with one attached hydrogen (secondary N) is 1. The van der Waals surface area contributed by atoms with Crippen molar-refractivity contribution in [3.05, 3.63) is 17.6 Å². The molecule has 0 fully saturated rings. The minimum absolute atomic E-state index is 0.139. The average Bonchev–Trinajstić information content (AvgIpc) is 2.60. The Bertz CT molecular complexity index is 468. The van der Waals surface area contributed by atoms with E-state index in [1.807, 2.05) is 20.8 Å². The van der Waals surface area contributed by atoms with E-state index in [4.69, 9.17) is 10.5 Å². The molecule has 6 heteroatoms. The number of hydrogen-bond acceptors (Lipinski definition) is 5. The van der Waals surface area contributed by atoms with Crippen molar-refractivity contribution < 1.29 is 9.53 Å². The number of nitrogen functional groups attached to an aromatic ring is 1. The van der Waals surface area contributed by atoms with Crippen LogP contribution in [0, 0.1) is 0 Å². The van der Waals surface area contributed by atoms with E-state index in [2.05, 4.69) is 15.3 Å². The normalized spacial score (nSPS) is 18.3. The van der Waals surface area contributed by atoms with Crippen LogP contribution in [-0.2, 0) is 11.2 Å². The highest BCUT2D eigenvalue weighted by Gasteiger charge is 2.29. The summed E-state index contributed by atoms with van der Waals surface area (Å²) in [6.45, 7) is 5.49. The number of aromatic nitrogens is 2. The van der Waals surface area contributed by atoms with Gasteiger partial charge in [-0.15, -0.1) is 0 Å². The summed E-state index contributed by atoms with van der Waals surface area (Å²) in [5.41, 5.74) is 7.00. The summed E-state index contributed by atoms with van der Waals surface area (Å²) in [6.07, 6.45) is 2.54. The summed E-state index contributed by atoms with van der Waals surface area (Å²) in [4.78, 5) is 19.8. The van der Waals surface area contributed by atoms with Gasteiger partial charge in [0.1, 0.15) is 17.7 Å². The van der Waals surface area contributed by atoms with Gasteiger partial charge >= 0.3 is 6.09 Å². The minimum Gasteiger partial charge on any atom is -0.444 e. The van der Waals surface area contributed by atoms with Crippen LogP contribution < -0.4 is 11.1 Å². The van der Waals surface area contributed by atoms with Gasteiger partial charge in [-0.05, 0) is 33.6 Å². The fourth-order valence-corrected chi connectivity index (χ4v) is 2.01. The molecule has 1 aromatic rings. The second kappa shape index (κ2) is 4.44. The molecule has 3 N–H and O–H groups in total. The lowest BCUT2D eigenvalue weighted by Crippen LogP contribution is -2.34. The molecular formula is C12H18N4O2. The van der Waals surface area contributed by atoms with E-state index >= 15 is 0 Å². The molecule has 1 unspecified atom stereocenters. The number of ether oxygens (including phenoxy) is 1. The number of alkyl carbamates (subject to hydrolysis) is 1.